The van der Waals surface area contributed by atoms with Crippen LogP contribution in [0.4, 0.5) is 0 Å². The van der Waals surface area contributed by atoms with Crippen LogP contribution in [0.1, 0.15) is 22.6 Å². The molecule has 25 heavy (non-hydrogen) atoms. The Morgan fingerprint density at radius 1 is 1.24 bits per heavy atom. The molecule has 0 fully saturated rings. The van der Waals surface area contributed by atoms with Crippen molar-refractivity contribution in [3.8, 4) is 0 Å². The van der Waals surface area contributed by atoms with Crippen LogP contribution < -0.4 is 5.56 Å². The van der Waals surface area contributed by atoms with Gasteiger partial charge in [0.15, 0.2) is 0 Å². The molecule has 5 nitrogen and oxygen atoms in total. The minimum absolute atomic E-state index is 0.0505. The average Bonchev–Trinajstić information content (AvgIpc) is 3.21. The molecule has 1 aliphatic rings. The van der Waals surface area contributed by atoms with Gasteiger partial charge in [0.2, 0.25) is 0 Å². The highest BCUT2D eigenvalue weighted by atomic mass is 32.2. The minimum Gasteiger partial charge on any atom is -0.269 e. The van der Waals surface area contributed by atoms with Gasteiger partial charge < -0.3 is 0 Å². The van der Waals surface area contributed by atoms with E-state index in [0.717, 1.165) is 28.4 Å². The van der Waals surface area contributed by atoms with E-state index in [2.05, 4.69) is 15.0 Å². The molecule has 0 spiro atoms. The van der Waals surface area contributed by atoms with Gasteiger partial charge in [0.05, 0.1) is 5.69 Å². The summed E-state index contributed by atoms with van der Waals surface area (Å²) >= 11 is 3.43. The SMILES string of the molecule is O=c1cc(CSc2ncnc3sc4c(c23)CCC4)nc2ccccn12. The zero-order valence-corrected chi connectivity index (χ0v) is 14.9. The third-order valence-electron chi connectivity index (χ3n) is 4.45. The number of thioether (sulfide) groups is 1. The molecule has 4 heterocycles. The predicted molar refractivity (Wildman–Crippen MR) is 100 cm³/mol. The molecule has 0 unspecified atom stereocenters. The molecule has 0 aliphatic heterocycles. The van der Waals surface area contributed by atoms with Crippen LogP contribution in [0, 0.1) is 0 Å². The number of aryl methyl sites for hydroxylation is 2. The smallest absolute Gasteiger partial charge is 0.258 e. The van der Waals surface area contributed by atoms with Crippen LogP contribution in [0.15, 0.2) is 46.6 Å². The largest absolute Gasteiger partial charge is 0.269 e. The monoisotopic (exact) mass is 366 g/mol. The van der Waals surface area contributed by atoms with Crippen molar-refractivity contribution in [3.63, 3.8) is 0 Å². The summed E-state index contributed by atoms with van der Waals surface area (Å²) in [4.78, 5) is 28.3. The number of hydrogen-bond donors (Lipinski definition) is 0. The third kappa shape index (κ3) is 2.54. The van der Waals surface area contributed by atoms with Crippen molar-refractivity contribution in [1.82, 2.24) is 19.4 Å². The van der Waals surface area contributed by atoms with E-state index in [1.807, 2.05) is 18.2 Å². The highest BCUT2D eigenvalue weighted by Crippen LogP contribution is 2.40. The molecule has 5 rings (SSSR count). The standard InChI is InChI=1S/C18H14N4OS2/c23-15-8-11(21-14-6-1-2-7-22(14)15)9-24-17-16-12-4-3-5-13(12)25-18(16)20-10-19-17/h1-2,6-8,10H,3-5,9H2. The summed E-state index contributed by atoms with van der Waals surface area (Å²) < 4.78 is 1.56. The van der Waals surface area contributed by atoms with Gasteiger partial charge in [-0.3, -0.25) is 9.20 Å². The molecule has 0 atom stereocenters. The second-order valence-corrected chi connectivity index (χ2v) is 8.07. The zero-order valence-electron chi connectivity index (χ0n) is 13.3. The number of aromatic nitrogens is 4. The molecule has 4 aromatic rings. The van der Waals surface area contributed by atoms with Gasteiger partial charge in [0.25, 0.3) is 5.56 Å². The number of hydrogen-bond acceptors (Lipinski definition) is 6. The zero-order chi connectivity index (χ0) is 16.8. The van der Waals surface area contributed by atoms with E-state index in [4.69, 9.17) is 0 Å². The number of nitrogens with zero attached hydrogens (tertiary/aromatic N) is 4. The Morgan fingerprint density at radius 3 is 3.16 bits per heavy atom. The molecule has 7 heteroatoms. The second kappa shape index (κ2) is 5.93. The lowest BCUT2D eigenvalue weighted by Gasteiger charge is -2.05. The third-order valence-corrected chi connectivity index (χ3v) is 6.67. The van der Waals surface area contributed by atoms with E-state index in [1.165, 1.54) is 22.2 Å². The normalized spacial score (nSPS) is 13.6. The minimum atomic E-state index is -0.0505. The van der Waals surface area contributed by atoms with Crippen molar-refractivity contribution < 1.29 is 0 Å². The summed E-state index contributed by atoms with van der Waals surface area (Å²) in [5, 5.41) is 2.21. The molecule has 0 saturated carbocycles. The number of rotatable bonds is 3. The summed E-state index contributed by atoms with van der Waals surface area (Å²) in [6, 6.07) is 7.18. The maximum atomic E-state index is 12.2. The molecule has 0 radical (unpaired) electrons. The van der Waals surface area contributed by atoms with Gasteiger partial charge in [-0.2, -0.15) is 0 Å². The van der Waals surface area contributed by atoms with Crippen molar-refractivity contribution in [1.29, 1.82) is 0 Å². The van der Waals surface area contributed by atoms with E-state index in [0.29, 0.717) is 11.4 Å². The van der Waals surface area contributed by atoms with E-state index in [9.17, 15) is 4.79 Å². The van der Waals surface area contributed by atoms with Crippen LogP contribution in [-0.2, 0) is 18.6 Å². The molecule has 0 bridgehead atoms. The van der Waals surface area contributed by atoms with Crippen molar-refractivity contribution in [3.05, 3.63) is 63.3 Å². The molecule has 0 aromatic carbocycles. The van der Waals surface area contributed by atoms with Crippen molar-refractivity contribution in [2.45, 2.75) is 30.0 Å². The molecule has 0 N–H and O–H groups in total. The molecule has 0 amide bonds. The van der Waals surface area contributed by atoms with Crippen molar-refractivity contribution in [2.24, 2.45) is 0 Å². The lowest BCUT2D eigenvalue weighted by Crippen LogP contribution is -2.14. The van der Waals surface area contributed by atoms with Crippen LogP contribution in [-0.4, -0.2) is 19.4 Å². The Hall–Kier alpha value is -2.25. The maximum Gasteiger partial charge on any atom is 0.258 e. The van der Waals surface area contributed by atoms with Gasteiger partial charge in [-0.05, 0) is 37.0 Å². The first-order valence-electron chi connectivity index (χ1n) is 8.15. The Bertz CT molecular complexity index is 1160. The highest BCUT2D eigenvalue weighted by Gasteiger charge is 2.21. The number of pyridine rings is 1. The van der Waals surface area contributed by atoms with E-state index in [1.54, 1.807) is 46.1 Å². The fourth-order valence-electron chi connectivity index (χ4n) is 3.33. The molecule has 4 aromatic heterocycles. The van der Waals surface area contributed by atoms with Gasteiger partial charge in [-0.15, -0.1) is 11.3 Å². The van der Waals surface area contributed by atoms with Crippen LogP contribution in [0.3, 0.4) is 0 Å². The molecule has 124 valence electrons. The average molecular weight is 366 g/mol. The quantitative estimate of drug-likeness (QED) is 0.410. The van der Waals surface area contributed by atoms with E-state index in [-0.39, 0.29) is 5.56 Å². The Morgan fingerprint density at radius 2 is 2.20 bits per heavy atom. The highest BCUT2D eigenvalue weighted by molar-refractivity contribution is 7.98. The topological polar surface area (TPSA) is 60.2 Å². The number of thiophene rings is 1. The van der Waals surface area contributed by atoms with E-state index < -0.39 is 0 Å². The lowest BCUT2D eigenvalue weighted by atomic mass is 10.2. The first-order valence-corrected chi connectivity index (χ1v) is 9.95. The molecule has 1 aliphatic carbocycles. The summed E-state index contributed by atoms with van der Waals surface area (Å²) in [6.07, 6.45) is 6.87. The van der Waals surface area contributed by atoms with Crippen LogP contribution in [0.25, 0.3) is 15.9 Å². The van der Waals surface area contributed by atoms with Gasteiger partial charge in [-0.25, -0.2) is 15.0 Å². The van der Waals surface area contributed by atoms with Gasteiger partial charge in [-0.1, -0.05) is 17.8 Å². The Labute approximate surface area is 151 Å². The predicted octanol–water partition coefficient (Wildman–Crippen LogP) is 3.48. The summed E-state index contributed by atoms with van der Waals surface area (Å²) in [6.45, 7) is 0. The summed E-state index contributed by atoms with van der Waals surface area (Å²) in [5.74, 6) is 0.622. The fourth-order valence-corrected chi connectivity index (χ4v) is 5.54. The fraction of sp³-hybridized carbons (Fsp3) is 0.222. The maximum absolute atomic E-state index is 12.2. The van der Waals surface area contributed by atoms with Crippen LogP contribution in [0.2, 0.25) is 0 Å². The van der Waals surface area contributed by atoms with Crippen molar-refractivity contribution >= 4 is 39.0 Å². The van der Waals surface area contributed by atoms with Gasteiger partial charge in [0.1, 0.15) is 21.8 Å². The first kappa shape index (κ1) is 15.0. The molecule has 0 saturated heterocycles. The first-order chi connectivity index (χ1) is 12.3. The van der Waals surface area contributed by atoms with Gasteiger partial charge >= 0.3 is 0 Å². The van der Waals surface area contributed by atoms with Crippen LogP contribution in [0.5, 0.6) is 0 Å². The Kier molecular flexibility index (Phi) is 3.57. The molecular weight excluding hydrogens is 352 g/mol. The van der Waals surface area contributed by atoms with Crippen molar-refractivity contribution in [2.75, 3.05) is 0 Å². The van der Waals surface area contributed by atoms with E-state index >= 15 is 0 Å². The van der Waals surface area contributed by atoms with Crippen LogP contribution >= 0.6 is 23.1 Å². The summed E-state index contributed by atoms with van der Waals surface area (Å²) in [7, 11) is 0. The second-order valence-electron chi connectivity index (χ2n) is 6.02. The lowest BCUT2D eigenvalue weighted by molar-refractivity contribution is 0.915. The molecular formula is C18H14N4OS2. The summed E-state index contributed by atoms with van der Waals surface area (Å²) in [5.41, 5.74) is 2.83. The Balaban J connectivity index is 1.51. The van der Waals surface area contributed by atoms with Gasteiger partial charge in [0, 0.05) is 28.3 Å². The number of fused-ring (bicyclic) bond motifs is 4.